The third-order valence-corrected chi connectivity index (χ3v) is 3.10. The molecule has 3 nitrogen and oxygen atoms in total. The number of hydrogen-bond acceptors (Lipinski definition) is 3. The third-order valence-electron chi connectivity index (χ3n) is 3.10. The van der Waals surface area contributed by atoms with Gasteiger partial charge in [0.1, 0.15) is 5.52 Å². The van der Waals surface area contributed by atoms with Crippen molar-refractivity contribution in [1.82, 2.24) is 4.98 Å². The minimum atomic E-state index is -2.39. The molecule has 1 unspecified atom stereocenters. The summed E-state index contributed by atoms with van der Waals surface area (Å²) in [5.41, 5.74) is 2.08. The lowest BCUT2D eigenvalue weighted by molar-refractivity contribution is 0.131. The summed E-state index contributed by atoms with van der Waals surface area (Å²) in [5, 5.41) is 2.76. The number of fused-ring (bicyclic) bond motifs is 1. The number of hydrogen-bond donors (Lipinski definition) is 1. The van der Waals surface area contributed by atoms with E-state index in [4.69, 9.17) is 4.42 Å². The summed E-state index contributed by atoms with van der Waals surface area (Å²) >= 11 is 0. The summed E-state index contributed by atoms with van der Waals surface area (Å²) in [6.07, 6.45) is -0.138. The van der Waals surface area contributed by atoms with Crippen LogP contribution in [0.2, 0.25) is 0 Å². The van der Waals surface area contributed by atoms with E-state index < -0.39 is 12.5 Å². The molecule has 3 rings (SSSR count). The van der Waals surface area contributed by atoms with E-state index in [1.165, 1.54) is 6.92 Å². The largest absolute Gasteiger partial charge is 0.440 e. The van der Waals surface area contributed by atoms with E-state index in [9.17, 15) is 8.78 Å². The smallest absolute Gasteiger partial charge is 0.258 e. The van der Waals surface area contributed by atoms with Gasteiger partial charge in [0.2, 0.25) is 0 Å². The van der Waals surface area contributed by atoms with Crippen molar-refractivity contribution in [3.05, 3.63) is 24.1 Å². The van der Waals surface area contributed by atoms with Crippen molar-refractivity contribution in [2.75, 3.05) is 5.32 Å². The van der Waals surface area contributed by atoms with Crippen LogP contribution in [0.1, 0.15) is 31.6 Å². The van der Waals surface area contributed by atoms with E-state index in [1.54, 1.807) is 18.2 Å². The molecule has 1 atom stereocenters. The second-order valence-corrected chi connectivity index (χ2v) is 4.78. The average Bonchev–Trinajstić information content (AvgIpc) is 3.09. The van der Waals surface area contributed by atoms with Gasteiger partial charge >= 0.3 is 0 Å². The number of benzene rings is 1. The SMILES string of the molecule is CC(Nc1ccc2oc(C3CC3)nc2c1)C(F)F. The first-order chi connectivity index (χ1) is 8.63. The van der Waals surface area contributed by atoms with Crippen LogP contribution in [-0.4, -0.2) is 17.5 Å². The Morgan fingerprint density at radius 2 is 2.17 bits per heavy atom. The fraction of sp³-hybridized carbons (Fsp3) is 0.462. The zero-order chi connectivity index (χ0) is 12.7. The number of oxazole rings is 1. The van der Waals surface area contributed by atoms with Crippen LogP contribution in [-0.2, 0) is 0 Å². The Morgan fingerprint density at radius 3 is 2.83 bits per heavy atom. The Bertz CT molecular complexity index is 563. The molecular formula is C13H14F2N2O. The Hall–Kier alpha value is -1.65. The third kappa shape index (κ3) is 2.17. The minimum absolute atomic E-state index is 0.453. The fourth-order valence-corrected chi connectivity index (χ4v) is 1.87. The summed E-state index contributed by atoms with van der Waals surface area (Å²) in [7, 11) is 0. The predicted octanol–water partition coefficient (Wildman–Crippen LogP) is 3.77. The number of rotatable bonds is 4. The van der Waals surface area contributed by atoms with Gasteiger partial charge in [-0.05, 0) is 38.0 Å². The Kier molecular flexibility index (Phi) is 2.69. The van der Waals surface area contributed by atoms with Gasteiger partial charge < -0.3 is 9.73 Å². The number of halogens is 2. The van der Waals surface area contributed by atoms with Gasteiger partial charge in [-0.3, -0.25) is 0 Å². The molecule has 2 aromatic rings. The van der Waals surface area contributed by atoms with E-state index >= 15 is 0 Å². The predicted molar refractivity (Wildman–Crippen MR) is 65.1 cm³/mol. The van der Waals surface area contributed by atoms with Crippen LogP contribution >= 0.6 is 0 Å². The van der Waals surface area contributed by atoms with Gasteiger partial charge in [-0.2, -0.15) is 0 Å². The molecule has 0 saturated heterocycles. The summed E-state index contributed by atoms with van der Waals surface area (Å²) < 4.78 is 30.5. The lowest BCUT2D eigenvalue weighted by Crippen LogP contribution is -2.23. The van der Waals surface area contributed by atoms with E-state index in [1.807, 2.05) is 0 Å². The highest BCUT2D eigenvalue weighted by atomic mass is 19.3. The summed E-state index contributed by atoms with van der Waals surface area (Å²) in [4.78, 5) is 4.39. The molecule has 1 heterocycles. The maximum atomic E-state index is 12.4. The molecular weight excluding hydrogens is 238 g/mol. The van der Waals surface area contributed by atoms with Crippen molar-refractivity contribution in [2.24, 2.45) is 0 Å². The van der Waals surface area contributed by atoms with E-state index in [0.717, 1.165) is 24.2 Å². The number of nitrogens with zero attached hydrogens (tertiary/aromatic N) is 1. The molecule has 1 aliphatic rings. The number of nitrogens with one attached hydrogen (secondary N) is 1. The monoisotopic (exact) mass is 252 g/mol. The van der Waals surface area contributed by atoms with Crippen molar-refractivity contribution in [2.45, 2.75) is 38.2 Å². The molecule has 0 amide bonds. The fourth-order valence-electron chi connectivity index (χ4n) is 1.87. The maximum Gasteiger partial charge on any atom is 0.258 e. The number of alkyl halides is 2. The Morgan fingerprint density at radius 1 is 1.39 bits per heavy atom. The van der Waals surface area contributed by atoms with Crippen LogP contribution in [0.5, 0.6) is 0 Å². The van der Waals surface area contributed by atoms with Gasteiger partial charge in [-0.25, -0.2) is 13.8 Å². The molecule has 1 saturated carbocycles. The van der Waals surface area contributed by atoms with E-state index in [2.05, 4.69) is 10.3 Å². The summed E-state index contributed by atoms with van der Waals surface area (Å²) in [6, 6.07) is 4.39. The van der Waals surface area contributed by atoms with E-state index in [0.29, 0.717) is 17.2 Å². The first-order valence-electron chi connectivity index (χ1n) is 6.08. The second-order valence-electron chi connectivity index (χ2n) is 4.78. The molecule has 1 aromatic carbocycles. The highest BCUT2D eigenvalue weighted by molar-refractivity contribution is 5.77. The van der Waals surface area contributed by atoms with Crippen molar-refractivity contribution in [3.8, 4) is 0 Å². The molecule has 1 N–H and O–H groups in total. The molecule has 1 aliphatic carbocycles. The number of aromatic nitrogens is 1. The van der Waals surface area contributed by atoms with Crippen molar-refractivity contribution in [3.63, 3.8) is 0 Å². The Labute approximate surface area is 103 Å². The zero-order valence-corrected chi connectivity index (χ0v) is 9.99. The van der Waals surface area contributed by atoms with Crippen LogP contribution in [0.4, 0.5) is 14.5 Å². The van der Waals surface area contributed by atoms with E-state index in [-0.39, 0.29) is 0 Å². The quantitative estimate of drug-likeness (QED) is 0.900. The summed E-state index contributed by atoms with van der Waals surface area (Å²) in [6.45, 7) is 1.45. The zero-order valence-electron chi connectivity index (χ0n) is 9.99. The molecule has 0 bridgehead atoms. The normalized spacial score (nSPS) is 17.3. The van der Waals surface area contributed by atoms with Crippen LogP contribution in [0.3, 0.4) is 0 Å². The van der Waals surface area contributed by atoms with Crippen molar-refractivity contribution < 1.29 is 13.2 Å². The van der Waals surface area contributed by atoms with Gasteiger partial charge in [0, 0.05) is 11.6 Å². The minimum Gasteiger partial charge on any atom is -0.440 e. The average molecular weight is 252 g/mol. The molecule has 96 valence electrons. The highest BCUT2D eigenvalue weighted by Crippen LogP contribution is 2.40. The molecule has 1 aromatic heterocycles. The van der Waals surface area contributed by atoms with Crippen LogP contribution < -0.4 is 5.32 Å². The van der Waals surface area contributed by atoms with Crippen molar-refractivity contribution in [1.29, 1.82) is 0 Å². The van der Waals surface area contributed by atoms with Gasteiger partial charge in [-0.1, -0.05) is 0 Å². The van der Waals surface area contributed by atoms with Crippen molar-refractivity contribution >= 4 is 16.8 Å². The van der Waals surface area contributed by atoms with Gasteiger partial charge in [-0.15, -0.1) is 0 Å². The summed E-state index contributed by atoms with van der Waals surface area (Å²) in [5.74, 6) is 1.22. The van der Waals surface area contributed by atoms with Gasteiger partial charge in [0.05, 0.1) is 6.04 Å². The highest BCUT2D eigenvalue weighted by Gasteiger charge is 2.28. The molecule has 0 aliphatic heterocycles. The maximum absolute atomic E-state index is 12.4. The number of anilines is 1. The molecule has 5 heteroatoms. The van der Waals surface area contributed by atoms with Gasteiger partial charge in [0.25, 0.3) is 6.43 Å². The lowest BCUT2D eigenvalue weighted by Gasteiger charge is -2.13. The first-order valence-corrected chi connectivity index (χ1v) is 6.08. The topological polar surface area (TPSA) is 38.1 Å². The Balaban J connectivity index is 1.85. The molecule has 0 radical (unpaired) electrons. The second kappa shape index (κ2) is 4.23. The van der Waals surface area contributed by atoms with Gasteiger partial charge in [0.15, 0.2) is 11.5 Å². The lowest BCUT2D eigenvalue weighted by atomic mass is 10.2. The van der Waals surface area contributed by atoms with Crippen LogP contribution in [0.15, 0.2) is 22.6 Å². The first kappa shape index (κ1) is 11.4. The van der Waals surface area contributed by atoms with Crippen LogP contribution in [0.25, 0.3) is 11.1 Å². The molecule has 0 spiro atoms. The molecule has 1 fully saturated rings. The standard InChI is InChI=1S/C13H14F2N2O/c1-7(12(14)15)16-9-4-5-11-10(6-9)17-13(18-11)8-2-3-8/h4-8,12,16H,2-3H2,1H3. The molecule has 18 heavy (non-hydrogen) atoms. The van der Waals surface area contributed by atoms with Crippen LogP contribution in [0, 0.1) is 0 Å².